The summed E-state index contributed by atoms with van der Waals surface area (Å²) in [7, 11) is 0. The first-order chi connectivity index (χ1) is 6.66. The third-order valence-corrected chi connectivity index (χ3v) is 2.33. The van der Waals surface area contributed by atoms with Crippen LogP contribution in [-0.4, -0.2) is 31.5 Å². The molecule has 82 valence electrons. The molecular weight excluding hydrogens is 182 g/mol. The van der Waals surface area contributed by atoms with Gasteiger partial charge in [-0.25, -0.2) is 0 Å². The fourth-order valence-corrected chi connectivity index (χ4v) is 1.38. The second kappa shape index (κ2) is 5.32. The van der Waals surface area contributed by atoms with Crippen molar-refractivity contribution in [1.82, 2.24) is 5.32 Å². The molecule has 1 aliphatic rings. The van der Waals surface area contributed by atoms with Gasteiger partial charge >= 0.3 is 0 Å². The third kappa shape index (κ3) is 3.64. The zero-order valence-corrected chi connectivity index (χ0v) is 8.97. The van der Waals surface area contributed by atoms with Gasteiger partial charge in [0.2, 0.25) is 5.91 Å². The predicted octanol–water partition coefficient (Wildman–Crippen LogP) is 1.06. The number of ether oxygens (including phenoxy) is 2. The number of carbonyl (C=O) groups excluding carboxylic acids is 1. The molecule has 0 aromatic carbocycles. The fourth-order valence-electron chi connectivity index (χ4n) is 1.38. The summed E-state index contributed by atoms with van der Waals surface area (Å²) < 4.78 is 11.0. The highest BCUT2D eigenvalue weighted by molar-refractivity contribution is 5.75. The normalized spacial score (nSPS) is 20.4. The van der Waals surface area contributed by atoms with Crippen molar-refractivity contribution < 1.29 is 14.3 Å². The lowest BCUT2D eigenvalue weighted by Crippen LogP contribution is -2.40. The van der Waals surface area contributed by atoms with Crippen LogP contribution in [0.25, 0.3) is 0 Å². The molecule has 4 heteroatoms. The lowest BCUT2D eigenvalue weighted by atomic mass is 10.2. The molecular formula is C10H19NO3. The van der Waals surface area contributed by atoms with E-state index < -0.39 is 5.79 Å². The van der Waals surface area contributed by atoms with Crippen molar-refractivity contribution in [1.29, 1.82) is 0 Å². The molecule has 0 aromatic heterocycles. The number of rotatable bonds is 4. The van der Waals surface area contributed by atoms with E-state index in [0.29, 0.717) is 19.4 Å². The first-order valence-corrected chi connectivity index (χ1v) is 5.21. The van der Waals surface area contributed by atoms with Gasteiger partial charge in [0.1, 0.15) is 0 Å². The van der Waals surface area contributed by atoms with Crippen molar-refractivity contribution in [3.63, 3.8) is 0 Å². The van der Waals surface area contributed by atoms with E-state index in [1.165, 1.54) is 0 Å². The van der Waals surface area contributed by atoms with Gasteiger partial charge in [0.15, 0.2) is 5.79 Å². The summed E-state index contributed by atoms with van der Waals surface area (Å²) in [6.07, 6.45) is 2.19. The highest BCUT2D eigenvalue weighted by atomic mass is 16.7. The molecule has 0 unspecified atom stereocenters. The molecule has 1 N–H and O–H groups in total. The van der Waals surface area contributed by atoms with E-state index >= 15 is 0 Å². The number of nitrogens with one attached hydrogen (secondary N) is 1. The van der Waals surface area contributed by atoms with Gasteiger partial charge in [0.25, 0.3) is 0 Å². The van der Waals surface area contributed by atoms with Gasteiger partial charge in [-0.05, 0) is 13.3 Å². The Bertz CT molecular complexity index is 188. The first-order valence-electron chi connectivity index (χ1n) is 5.21. The second-order valence-corrected chi connectivity index (χ2v) is 3.64. The maximum atomic E-state index is 11.0. The van der Waals surface area contributed by atoms with Crippen LogP contribution in [0.2, 0.25) is 0 Å². The molecule has 1 saturated heterocycles. The second-order valence-electron chi connectivity index (χ2n) is 3.64. The van der Waals surface area contributed by atoms with Crippen molar-refractivity contribution in [3.05, 3.63) is 0 Å². The smallest absolute Gasteiger partial charge is 0.219 e. The molecule has 0 saturated carbocycles. The van der Waals surface area contributed by atoms with Crippen LogP contribution in [0.4, 0.5) is 0 Å². The van der Waals surface area contributed by atoms with Gasteiger partial charge in [0.05, 0.1) is 13.2 Å². The summed E-state index contributed by atoms with van der Waals surface area (Å²) >= 11 is 0. The monoisotopic (exact) mass is 201 g/mol. The Hall–Kier alpha value is -0.610. The van der Waals surface area contributed by atoms with Crippen LogP contribution in [-0.2, 0) is 14.3 Å². The molecule has 0 atom stereocenters. The lowest BCUT2D eigenvalue weighted by Gasteiger charge is -2.33. The van der Waals surface area contributed by atoms with E-state index in [0.717, 1.165) is 19.6 Å². The number of hydrogen-bond donors (Lipinski definition) is 1. The molecule has 4 nitrogen and oxygen atoms in total. The zero-order chi connectivity index (χ0) is 10.4. The molecule has 1 aliphatic heterocycles. The Balaban J connectivity index is 2.18. The molecule has 0 aromatic rings. The third-order valence-electron chi connectivity index (χ3n) is 2.33. The zero-order valence-electron chi connectivity index (χ0n) is 8.97. The molecule has 1 heterocycles. The largest absolute Gasteiger partial charge is 0.356 e. The molecule has 14 heavy (non-hydrogen) atoms. The number of carbonyl (C=O) groups is 1. The van der Waals surface area contributed by atoms with Crippen LogP contribution in [0.5, 0.6) is 0 Å². The van der Waals surface area contributed by atoms with Gasteiger partial charge in [0, 0.05) is 19.4 Å². The maximum absolute atomic E-state index is 11.0. The minimum Gasteiger partial charge on any atom is -0.356 e. The Labute approximate surface area is 85.0 Å². The summed E-state index contributed by atoms with van der Waals surface area (Å²) in [5.41, 5.74) is 0. The quantitative estimate of drug-likeness (QED) is 0.739. The van der Waals surface area contributed by atoms with Crippen LogP contribution in [0.1, 0.15) is 33.1 Å². The van der Waals surface area contributed by atoms with Gasteiger partial charge in [-0.3, -0.25) is 4.79 Å². The van der Waals surface area contributed by atoms with Crippen LogP contribution in [0, 0.1) is 0 Å². The Morgan fingerprint density at radius 1 is 1.43 bits per heavy atom. The van der Waals surface area contributed by atoms with Crippen LogP contribution in [0.3, 0.4) is 0 Å². The van der Waals surface area contributed by atoms with E-state index in [1.54, 1.807) is 0 Å². The van der Waals surface area contributed by atoms with Crippen LogP contribution in [0.15, 0.2) is 0 Å². The molecule has 0 spiro atoms. The topological polar surface area (TPSA) is 47.6 Å². The van der Waals surface area contributed by atoms with E-state index in [2.05, 4.69) is 5.32 Å². The highest BCUT2D eigenvalue weighted by Crippen LogP contribution is 2.21. The van der Waals surface area contributed by atoms with Crippen LogP contribution >= 0.6 is 0 Å². The molecule has 0 bridgehead atoms. The van der Waals surface area contributed by atoms with Crippen molar-refractivity contribution in [2.75, 3.05) is 19.8 Å². The molecule has 1 fully saturated rings. The lowest BCUT2D eigenvalue weighted by molar-refractivity contribution is -0.257. The molecule has 1 amide bonds. The Morgan fingerprint density at radius 2 is 2.07 bits per heavy atom. The van der Waals surface area contributed by atoms with E-state index in [9.17, 15) is 4.79 Å². The van der Waals surface area contributed by atoms with Gasteiger partial charge in [-0.1, -0.05) is 6.92 Å². The highest BCUT2D eigenvalue weighted by Gasteiger charge is 2.28. The fraction of sp³-hybridized carbons (Fsp3) is 0.900. The molecule has 1 rings (SSSR count). The summed E-state index contributed by atoms with van der Waals surface area (Å²) in [6.45, 7) is 5.87. The summed E-state index contributed by atoms with van der Waals surface area (Å²) in [6, 6.07) is 0. The minimum absolute atomic E-state index is 0.0735. The average Bonchev–Trinajstić information content (AvgIpc) is 2.18. The molecule has 0 radical (unpaired) electrons. The summed E-state index contributed by atoms with van der Waals surface area (Å²) in [5, 5.41) is 2.81. The Kier molecular flexibility index (Phi) is 4.35. The van der Waals surface area contributed by atoms with Gasteiger partial charge in [-0.2, -0.15) is 0 Å². The standard InChI is InChI=1S/C10H19NO3/c1-3-9(12)11-6-5-10(2)13-7-4-8-14-10/h3-8H2,1-2H3,(H,11,12). The van der Waals surface area contributed by atoms with Crippen LogP contribution < -0.4 is 5.32 Å². The molecule has 0 aliphatic carbocycles. The van der Waals surface area contributed by atoms with Gasteiger partial charge in [-0.15, -0.1) is 0 Å². The van der Waals surface area contributed by atoms with Crippen molar-refractivity contribution in [2.45, 2.75) is 38.9 Å². The average molecular weight is 201 g/mol. The first kappa shape index (κ1) is 11.5. The van der Waals surface area contributed by atoms with Crippen molar-refractivity contribution >= 4 is 5.91 Å². The van der Waals surface area contributed by atoms with Gasteiger partial charge < -0.3 is 14.8 Å². The summed E-state index contributed by atoms with van der Waals surface area (Å²) in [4.78, 5) is 11.0. The number of amides is 1. The van der Waals surface area contributed by atoms with E-state index in [4.69, 9.17) is 9.47 Å². The minimum atomic E-state index is -0.501. The predicted molar refractivity (Wildman–Crippen MR) is 52.8 cm³/mol. The SMILES string of the molecule is CCC(=O)NCCC1(C)OCCCO1. The summed E-state index contributed by atoms with van der Waals surface area (Å²) in [5.74, 6) is -0.427. The van der Waals surface area contributed by atoms with Crippen molar-refractivity contribution in [3.8, 4) is 0 Å². The maximum Gasteiger partial charge on any atom is 0.219 e. The Morgan fingerprint density at radius 3 is 2.64 bits per heavy atom. The number of hydrogen-bond acceptors (Lipinski definition) is 3. The van der Waals surface area contributed by atoms with E-state index in [-0.39, 0.29) is 5.91 Å². The van der Waals surface area contributed by atoms with Crippen molar-refractivity contribution in [2.24, 2.45) is 0 Å². The van der Waals surface area contributed by atoms with E-state index in [1.807, 2.05) is 13.8 Å².